The summed E-state index contributed by atoms with van der Waals surface area (Å²) in [5.41, 5.74) is -0.436. The Hall–Kier alpha value is -1.89. The fraction of sp³-hybridized carbons (Fsp3) is 0.615. The number of nitrogens with zero attached hydrogens (tertiary/aromatic N) is 2. The van der Waals surface area contributed by atoms with Crippen molar-refractivity contribution in [2.45, 2.75) is 18.8 Å². The third-order valence-corrected chi connectivity index (χ3v) is 3.58. The summed E-state index contributed by atoms with van der Waals surface area (Å²) >= 11 is 0. The van der Waals surface area contributed by atoms with Crippen molar-refractivity contribution in [3.05, 3.63) is 21.7 Å². The van der Waals surface area contributed by atoms with Gasteiger partial charge in [0.05, 0.1) is 20.3 Å². The second-order valence-corrected chi connectivity index (χ2v) is 5.02. The summed E-state index contributed by atoms with van der Waals surface area (Å²) in [6.07, 6.45) is 2.06. The van der Waals surface area contributed by atoms with Gasteiger partial charge in [0.25, 0.3) is 5.56 Å². The first kappa shape index (κ1) is 13.1. The molecule has 0 amide bonds. The molecule has 2 aliphatic rings. The van der Waals surface area contributed by atoms with Gasteiger partial charge in [-0.05, 0) is 12.8 Å². The molecule has 0 atom stereocenters. The quantitative estimate of drug-likeness (QED) is 0.800. The minimum atomic E-state index is -0.650. The SMILES string of the molecule is COC(=O)c1c(N2CCOCC2)nc(C2CC2)[nH]c1=O. The van der Waals surface area contributed by atoms with Crippen LogP contribution in [0.4, 0.5) is 5.82 Å². The van der Waals surface area contributed by atoms with Crippen molar-refractivity contribution in [3.8, 4) is 0 Å². The van der Waals surface area contributed by atoms with E-state index in [0.717, 1.165) is 12.8 Å². The van der Waals surface area contributed by atoms with Crippen LogP contribution in [0.2, 0.25) is 0 Å². The molecule has 2 heterocycles. The van der Waals surface area contributed by atoms with Crippen LogP contribution < -0.4 is 10.5 Å². The number of aromatic amines is 1. The topological polar surface area (TPSA) is 84.5 Å². The molecule has 0 unspecified atom stereocenters. The molecule has 1 aliphatic heterocycles. The van der Waals surface area contributed by atoms with Crippen LogP contribution in [0.3, 0.4) is 0 Å². The summed E-state index contributed by atoms with van der Waals surface area (Å²) < 4.78 is 10.0. The molecule has 108 valence electrons. The predicted octanol–water partition coefficient (Wildman–Crippen LogP) is 0.270. The maximum atomic E-state index is 12.2. The van der Waals surface area contributed by atoms with Crippen LogP contribution >= 0.6 is 0 Å². The fourth-order valence-corrected chi connectivity index (χ4v) is 2.32. The smallest absolute Gasteiger partial charge is 0.347 e. The Balaban J connectivity index is 2.06. The van der Waals surface area contributed by atoms with Crippen LogP contribution in [0.25, 0.3) is 0 Å². The van der Waals surface area contributed by atoms with E-state index in [1.54, 1.807) is 0 Å². The standard InChI is InChI=1S/C13H17N3O4/c1-19-13(18)9-11(16-4-6-20-7-5-16)14-10(8-2-3-8)15-12(9)17/h8H,2-7H2,1H3,(H,14,15,17). The van der Waals surface area contributed by atoms with Crippen LogP contribution in [0, 0.1) is 0 Å². The molecule has 1 aliphatic carbocycles. The number of rotatable bonds is 3. The number of nitrogens with one attached hydrogen (secondary N) is 1. The first-order valence-electron chi connectivity index (χ1n) is 6.76. The average molecular weight is 279 g/mol. The van der Waals surface area contributed by atoms with Gasteiger partial charge in [-0.25, -0.2) is 9.78 Å². The van der Waals surface area contributed by atoms with Gasteiger partial charge in [0.1, 0.15) is 5.82 Å². The molecule has 1 saturated carbocycles. The van der Waals surface area contributed by atoms with E-state index in [2.05, 4.69) is 9.97 Å². The first-order valence-corrected chi connectivity index (χ1v) is 6.76. The Morgan fingerprint density at radius 3 is 2.70 bits per heavy atom. The molecule has 0 radical (unpaired) electrons. The summed E-state index contributed by atoms with van der Waals surface area (Å²) in [7, 11) is 1.26. The van der Waals surface area contributed by atoms with Crippen molar-refractivity contribution in [3.63, 3.8) is 0 Å². The number of carbonyl (C=O) groups is 1. The molecule has 1 saturated heterocycles. The van der Waals surface area contributed by atoms with Gasteiger partial charge in [0.15, 0.2) is 11.4 Å². The second-order valence-electron chi connectivity index (χ2n) is 5.02. The summed E-state index contributed by atoms with van der Waals surface area (Å²) in [6.45, 7) is 2.36. The molecule has 0 bridgehead atoms. The summed E-state index contributed by atoms with van der Waals surface area (Å²) in [5.74, 6) is 0.756. The zero-order chi connectivity index (χ0) is 14.1. The van der Waals surface area contributed by atoms with Gasteiger partial charge < -0.3 is 19.4 Å². The summed E-state index contributed by atoms with van der Waals surface area (Å²) in [5, 5.41) is 0. The number of esters is 1. The van der Waals surface area contributed by atoms with Crippen LogP contribution in [-0.2, 0) is 9.47 Å². The maximum absolute atomic E-state index is 12.2. The van der Waals surface area contributed by atoms with Crippen molar-refractivity contribution in [1.29, 1.82) is 0 Å². The number of H-pyrrole nitrogens is 1. The van der Waals surface area contributed by atoms with Gasteiger partial charge >= 0.3 is 5.97 Å². The molecule has 1 aromatic heterocycles. The lowest BCUT2D eigenvalue weighted by Crippen LogP contribution is -2.39. The van der Waals surface area contributed by atoms with E-state index in [0.29, 0.717) is 43.9 Å². The minimum Gasteiger partial charge on any atom is -0.465 e. The average Bonchev–Trinajstić information content (AvgIpc) is 3.31. The largest absolute Gasteiger partial charge is 0.465 e. The van der Waals surface area contributed by atoms with Gasteiger partial charge in [-0.2, -0.15) is 0 Å². The van der Waals surface area contributed by atoms with E-state index in [1.165, 1.54) is 7.11 Å². The van der Waals surface area contributed by atoms with Crippen molar-refractivity contribution in [2.24, 2.45) is 0 Å². The molecular weight excluding hydrogens is 262 g/mol. The van der Waals surface area contributed by atoms with Gasteiger partial charge in [0.2, 0.25) is 0 Å². The normalized spacial score (nSPS) is 18.9. The Morgan fingerprint density at radius 1 is 1.40 bits per heavy atom. The summed E-state index contributed by atoms with van der Waals surface area (Å²) in [4.78, 5) is 33.2. The zero-order valence-corrected chi connectivity index (χ0v) is 11.3. The van der Waals surface area contributed by atoms with Gasteiger partial charge in [-0.15, -0.1) is 0 Å². The molecule has 2 fully saturated rings. The molecule has 3 rings (SSSR count). The van der Waals surface area contributed by atoms with E-state index in [1.807, 2.05) is 4.90 Å². The number of morpholine rings is 1. The van der Waals surface area contributed by atoms with Crippen LogP contribution in [-0.4, -0.2) is 49.4 Å². The Labute approximate surface area is 115 Å². The number of methoxy groups -OCH3 is 1. The highest BCUT2D eigenvalue weighted by Gasteiger charge is 2.31. The number of anilines is 1. The zero-order valence-electron chi connectivity index (χ0n) is 11.3. The highest BCUT2D eigenvalue weighted by molar-refractivity contribution is 5.94. The van der Waals surface area contributed by atoms with Crippen molar-refractivity contribution in [2.75, 3.05) is 38.3 Å². The van der Waals surface area contributed by atoms with Crippen LogP contribution in [0.1, 0.15) is 34.9 Å². The van der Waals surface area contributed by atoms with E-state index in [-0.39, 0.29) is 5.56 Å². The second kappa shape index (κ2) is 5.24. The molecule has 7 heteroatoms. The van der Waals surface area contributed by atoms with Crippen LogP contribution in [0.15, 0.2) is 4.79 Å². The Morgan fingerprint density at radius 2 is 2.10 bits per heavy atom. The Kier molecular flexibility index (Phi) is 3.43. The van der Waals surface area contributed by atoms with E-state index in [4.69, 9.17) is 9.47 Å². The number of hydrogen-bond donors (Lipinski definition) is 1. The highest BCUT2D eigenvalue weighted by Crippen LogP contribution is 2.38. The molecule has 0 aromatic carbocycles. The third-order valence-electron chi connectivity index (χ3n) is 3.58. The monoisotopic (exact) mass is 279 g/mol. The number of ether oxygens (including phenoxy) is 2. The van der Waals surface area contributed by atoms with Gasteiger partial charge in [-0.1, -0.05) is 0 Å². The van der Waals surface area contributed by atoms with E-state index >= 15 is 0 Å². The van der Waals surface area contributed by atoms with Gasteiger partial charge in [0, 0.05) is 19.0 Å². The van der Waals surface area contributed by atoms with E-state index < -0.39 is 11.5 Å². The van der Waals surface area contributed by atoms with Crippen molar-refractivity contribution in [1.82, 2.24) is 9.97 Å². The maximum Gasteiger partial charge on any atom is 0.347 e. The fourth-order valence-electron chi connectivity index (χ4n) is 2.32. The lowest BCUT2D eigenvalue weighted by molar-refractivity contribution is 0.0597. The molecule has 7 nitrogen and oxygen atoms in total. The van der Waals surface area contributed by atoms with Gasteiger partial charge in [-0.3, -0.25) is 4.79 Å². The molecule has 20 heavy (non-hydrogen) atoms. The summed E-state index contributed by atoms with van der Waals surface area (Å²) in [6, 6.07) is 0. The highest BCUT2D eigenvalue weighted by atomic mass is 16.5. The first-order chi connectivity index (χ1) is 9.70. The lowest BCUT2D eigenvalue weighted by Gasteiger charge is -2.28. The molecule has 0 spiro atoms. The lowest BCUT2D eigenvalue weighted by atomic mass is 10.2. The number of hydrogen-bond acceptors (Lipinski definition) is 6. The van der Waals surface area contributed by atoms with Crippen LogP contribution in [0.5, 0.6) is 0 Å². The predicted molar refractivity (Wildman–Crippen MR) is 71.2 cm³/mol. The van der Waals surface area contributed by atoms with Crippen molar-refractivity contribution < 1.29 is 14.3 Å². The van der Waals surface area contributed by atoms with Crippen molar-refractivity contribution >= 4 is 11.8 Å². The van der Waals surface area contributed by atoms with E-state index in [9.17, 15) is 9.59 Å². The number of aromatic nitrogens is 2. The number of carbonyl (C=O) groups excluding carboxylic acids is 1. The third kappa shape index (κ3) is 2.40. The minimum absolute atomic E-state index is 0.0150. The molecular formula is C13H17N3O4. The Bertz CT molecular complexity index is 573. The molecule has 1 N–H and O–H groups in total. The molecule has 1 aromatic rings.